The Bertz CT molecular complexity index is 1120. The molecular weight excluding hydrogens is 394 g/mol. The van der Waals surface area contributed by atoms with E-state index in [-0.39, 0.29) is 17.4 Å². The van der Waals surface area contributed by atoms with E-state index in [2.05, 4.69) is 15.0 Å². The molecule has 1 N–H and O–H groups in total. The third-order valence-electron chi connectivity index (χ3n) is 5.46. The Labute approximate surface area is 180 Å². The Balaban J connectivity index is 1.52. The fourth-order valence-corrected chi connectivity index (χ4v) is 3.78. The number of methoxy groups -OCH3 is 1. The first-order valence-corrected chi connectivity index (χ1v) is 10.2. The van der Waals surface area contributed by atoms with Crippen molar-refractivity contribution >= 4 is 17.5 Å². The third kappa shape index (κ3) is 4.58. The molecule has 1 aromatic carbocycles. The molecule has 8 nitrogen and oxygen atoms in total. The zero-order valence-corrected chi connectivity index (χ0v) is 17.6. The van der Waals surface area contributed by atoms with E-state index in [1.807, 2.05) is 54.4 Å². The number of para-hydroxylation sites is 2. The van der Waals surface area contributed by atoms with Gasteiger partial charge in [0.15, 0.2) is 0 Å². The number of amides is 1. The van der Waals surface area contributed by atoms with Crippen LogP contribution in [0, 0.1) is 0 Å². The average Bonchev–Trinajstić information content (AvgIpc) is 3.19. The van der Waals surface area contributed by atoms with E-state index in [0.29, 0.717) is 36.9 Å². The number of ether oxygens (including phenoxy) is 1. The first-order valence-electron chi connectivity index (χ1n) is 10.2. The second kappa shape index (κ2) is 8.99. The summed E-state index contributed by atoms with van der Waals surface area (Å²) >= 11 is 0. The van der Waals surface area contributed by atoms with Gasteiger partial charge in [0.2, 0.25) is 11.9 Å². The lowest BCUT2D eigenvalue weighted by Gasteiger charge is -2.20. The fourth-order valence-electron chi connectivity index (χ4n) is 3.78. The van der Waals surface area contributed by atoms with E-state index >= 15 is 0 Å². The molecule has 0 spiro atoms. The van der Waals surface area contributed by atoms with Crippen molar-refractivity contribution in [1.82, 2.24) is 15.0 Å². The Kier molecular flexibility index (Phi) is 5.97. The van der Waals surface area contributed by atoms with Gasteiger partial charge in [0, 0.05) is 56.9 Å². The maximum Gasteiger partial charge on any atom is 0.252 e. The zero-order valence-electron chi connectivity index (χ0n) is 17.6. The van der Waals surface area contributed by atoms with Crippen LogP contribution in [0.1, 0.15) is 23.7 Å². The summed E-state index contributed by atoms with van der Waals surface area (Å²) in [5.41, 5.74) is 2.10. The highest BCUT2D eigenvalue weighted by Gasteiger charge is 2.34. The molecule has 2 aromatic heterocycles. The molecule has 1 saturated heterocycles. The van der Waals surface area contributed by atoms with Gasteiger partial charge in [0.25, 0.3) is 5.56 Å². The number of pyridine rings is 1. The smallest absolute Gasteiger partial charge is 0.252 e. The van der Waals surface area contributed by atoms with Gasteiger partial charge >= 0.3 is 0 Å². The van der Waals surface area contributed by atoms with Crippen molar-refractivity contribution in [2.45, 2.75) is 18.8 Å². The van der Waals surface area contributed by atoms with Gasteiger partial charge in [-0.3, -0.25) is 19.6 Å². The number of nitrogens with one attached hydrogen (secondary N) is 1. The molecule has 3 aromatic rings. The number of likely N-dealkylation sites (N-methyl/N-ethyl adjacent to an activating group) is 1. The summed E-state index contributed by atoms with van der Waals surface area (Å²) in [5, 5.41) is 0. The number of hydrogen-bond donors (Lipinski definition) is 1. The monoisotopic (exact) mass is 419 g/mol. The topological polar surface area (TPSA) is 91.4 Å². The quantitative estimate of drug-likeness (QED) is 0.632. The van der Waals surface area contributed by atoms with Crippen molar-refractivity contribution in [2.24, 2.45) is 0 Å². The number of nitrogens with zero attached hydrogens (tertiary/aromatic N) is 4. The van der Waals surface area contributed by atoms with Crippen LogP contribution in [0.5, 0.6) is 5.75 Å². The van der Waals surface area contributed by atoms with Crippen LogP contribution in [0.15, 0.2) is 59.5 Å². The minimum Gasteiger partial charge on any atom is -0.495 e. The van der Waals surface area contributed by atoms with E-state index in [0.717, 1.165) is 17.8 Å². The molecule has 1 aliphatic heterocycles. The molecule has 0 saturated carbocycles. The number of benzene rings is 1. The van der Waals surface area contributed by atoms with Gasteiger partial charge in [-0.2, -0.15) is 0 Å². The van der Waals surface area contributed by atoms with Gasteiger partial charge in [0.05, 0.1) is 18.5 Å². The summed E-state index contributed by atoms with van der Waals surface area (Å²) in [4.78, 5) is 40.5. The van der Waals surface area contributed by atoms with Crippen molar-refractivity contribution in [3.05, 3.63) is 76.5 Å². The first-order chi connectivity index (χ1) is 15.0. The molecule has 3 heterocycles. The van der Waals surface area contributed by atoms with E-state index in [1.165, 1.54) is 6.07 Å². The number of carbonyl (C=O) groups is 1. The third-order valence-corrected chi connectivity index (χ3v) is 5.46. The Morgan fingerprint density at radius 3 is 2.77 bits per heavy atom. The molecule has 31 heavy (non-hydrogen) atoms. The van der Waals surface area contributed by atoms with Gasteiger partial charge in [-0.15, -0.1) is 0 Å². The number of rotatable bonds is 7. The van der Waals surface area contributed by atoms with Crippen molar-refractivity contribution in [3.8, 4) is 5.75 Å². The van der Waals surface area contributed by atoms with Crippen molar-refractivity contribution in [3.63, 3.8) is 0 Å². The molecule has 1 fully saturated rings. The molecular formula is C23H25N5O3. The van der Waals surface area contributed by atoms with E-state index in [4.69, 9.17) is 4.74 Å². The summed E-state index contributed by atoms with van der Waals surface area (Å²) in [5.74, 6) is 0.955. The van der Waals surface area contributed by atoms with Crippen LogP contribution >= 0.6 is 0 Å². The summed E-state index contributed by atoms with van der Waals surface area (Å²) in [6.07, 6.45) is 2.79. The fraction of sp³-hybridized carbons (Fsp3) is 0.304. The number of aromatic nitrogens is 3. The van der Waals surface area contributed by atoms with E-state index in [1.54, 1.807) is 18.2 Å². The Morgan fingerprint density at radius 1 is 1.19 bits per heavy atom. The number of H-pyrrole nitrogens is 1. The van der Waals surface area contributed by atoms with Gasteiger partial charge in [-0.1, -0.05) is 18.2 Å². The summed E-state index contributed by atoms with van der Waals surface area (Å²) in [6.45, 7) is 1.10. The highest BCUT2D eigenvalue weighted by Crippen LogP contribution is 2.35. The molecule has 1 atom stereocenters. The molecule has 1 aliphatic rings. The molecule has 1 amide bonds. The molecule has 160 valence electrons. The van der Waals surface area contributed by atoms with Crippen molar-refractivity contribution in [1.29, 1.82) is 0 Å². The number of hydrogen-bond acceptors (Lipinski definition) is 6. The Morgan fingerprint density at radius 2 is 2.00 bits per heavy atom. The maximum absolute atomic E-state index is 12.7. The average molecular weight is 419 g/mol. The van der Waals surface area contributed by atoms with Crippen LogP contribution in [-0.2, 0) is 11.2 Å². The summed E-state index contributed by atoms with van der Waals surface area (Å²) < 4.78 is 5.40. The minimum atomic E-state index is -0.229. The van der Waals surface area contributed by atoms with Crippen LogP contribution in [0.3, 0.4) is 0 Å². The molecule has 0 radical (unpaired) electrons. The van der Waals surface area contributed by atoms with E-state index in [9.17, 15) is 9.59 Å². The van der Waals surface area contributed by atoms with Gasteiger partial charge in [-0.05, 0) is 24.3 Å². The zero-order chi connectivity index (χ0) is 21.8. The first kappa shape index (κ1) is 20.6. The Hall–Kier alpha value is -3.68. The lowest BCUT2D eigenvalue weighted by atomic mass is 10.0. The lowest BCUT2D eigenvalue weighted by molar-refractivity contribution is -0.117. The summed E-state index contributed by atoms with van der Waals surface area (Å²) in [7, 11) is 3.47. The maximum atomic E-state index is 12.7. The lowest BCUT2D eigenvalue weighted by Crippen LogP contribution is -2.27. The number of aromatic amines is 1. The normalized spacial score (nSPS) is 15.9. The second-order valence-electron chi connectivity index (χ2n) is 7.56. The standard InChI is InChI=1S/C23H25N5O3/c1-27(12-10-17-7-5-6-11-24-17)23-25-18(14-21(29)26-23)16-13-22(30)28(15-16)19-8-3-4-9-20(19)31-2/h3-9,11,14,16H,10,12-13,15H2,1-2H3,(H,25,26,29)/t16-/m1/s1. The van der Waals surface area contributed by atoms with Crippen LogP contribution in [-0.4, -0.2) is 48.1 Å². The second-order valence-corrected chi connectivity index (χ2v) is 7.56. The SMILES string of the molecule is COc1ccccc1N1C[C@H](c2cc(=O)[nH]c(N(C)CCc3ccccn3)n2)CC1=O. The number of carbonyl (C=O) groups excluding carboxylic acids is 1. The van der Waals surface area contributed by atoms with Crippen LogP contribution < -0.4 is 20.1 Å². The van der Waals surface area contributed by atoms with Crippen LogP contribution in [0.4, 0.5) is 11.6 Å². The van der Waals surface area contributed by atoms with Crippen molar-refractivity contribution in [2.75, 3.05) is 37.0 Å². The molecule has 4 rings (SSSR count). The van der Waals surface area contributed by atoms with Gasteiger partial charge in [-0.25, -0.2) is 4.98 Å². The van der Waals surface area contributed by atoms with Gasteiger partial charge in [0.1, 0.15) is 5.75 Å². The number of anilines is 2. The predicted octanol–water partition coefficient (Wildman–Crippen LogP) is 2.37. The van der Waals surface area contributed by atoms with Crippen molar-refractivity contribution < 1.29 is 9.53 Å². The molecule has 0 bridgehead atoms. The van der Waals surface area contributed by atoms with Gasteiger partial charge < -0.3 is 14.5 Å². The highest BCUT2D eigenvalue weighted by molar-refractivity contribution is 5.97. The molecule has 0 aliphatic carbocycles. The molecule has 0 unspecified atom stereocenters. The van der Waals surface area contributed by atoms with Crippen LogP contribution in [0.2, 0.25) is 0 Å². The summed E-state index contributed by atoms with van der Waals surface area (Å²) in [6, 6.07) is 14.7. The minimum absolute atomic E-state index is 0.0124. The predicted molar refractivity (Wildman–Crippen MR) is 119 cm³/mol. The molecule has 8 heteroatoms. The largest absolute Gasteiger partial charge is 0.495 e. The van der Waals surface area contributed by atoms with E-state index < -0.39 is 0 Å². The van der Waals surface area contributed by atoms with Crippen LogP contribution in [0.25, 0.3) is 0 Å². The highest BCUT2D eigenvalue weighted by atomic mass is 16.5.